The minimum Gasteiger partial charge on any atom is -0.356 e. The van der Waals surface area contributed by atoms with Crippen molar-refractivity contribution in [3.05, 3.63) is 30.1 Å². The molecule has 1 fully saturated rings. The molecule has 6 heteroatoms. The van der Waals surface area contributed by atoms with Crippen LogP contribution < -0.4 is 10.6 Å². The molecule has 0 bridgehead atoms. The average Bonchev–Trinajstić information content (AvgIpc) is 3.07. The van der Waals surface area contributed by atoms with Crippen molar-refractivity contribution in [2.75, 3.05) is 26.7 Å². The first-order valence-corrected chi connectivity index (χ1v) is 9.80. The van der Waals surface area contributed by atoms with E-state index in [2.05, 4.69) is 50.4 Å². The number of piperidine rings is 1. The summed E-state index contributed by atoms with van der Waals surface area (Å²) < 4.78 is 0. The van der Waals surface area contributed by atoms with Gasteiger partial charge < -0.3 is 20.5 Å². The summed E-state index contributed by atoms with van der Waals surface area (Å²) in [4.78, 5) is 14.9. The van der Waals surface area contributed by atoms with Gasteiger partial charge in [-0.2, -0.15) is 0 Å². The summed E-state index contributed by atoms with van der Waals surface area (Å²) in [5.41, 5.74) is 2.15. The lowest BCUT2D eigenvalue weighted by molar-refractivity contribution is 0.167. The number of likely N-dealkylation sites (tertiary alicyclic amines) is 1. The van der Waals surface area contributed by atoms with Gasteiger partial charge in [0.25, 0.3) is 0 Å². The van der Waals surface area contributed by atoms with E-state index < -0.39 is 0 Å². The summed E-state index contributed by atoms with van der Waals surface area (Å²) in [5.74, 6) is 1.97. The van der Waals surface area contributed by atoms with Gasteiger partial charge >= 0.3 is 0 Å². The number of H-pyrrole nitrogens is 1. The summed E-state index contributed by atoms with van der Waals surface area (Å²) >= 11 is 0. The lowest BCUT2D eigenvalue weighted by Crippen LogP contribution is -2.50. The number of aliphatic imine (C=N–C) groups is 1. The van der Waals surface area contributed by atoms with Gasteiger partial charge in [-0.1, -0.05) is 12.1 Å². The van der Waals surface area contributed by atoms with Gasteiger partial charge in [0.15, 0.2) is 5.96 Å². The third kappa shape index (κ3) is 4.97. The monoisotopic (exact) mass is 356 g/mol. The minimum atomic E-state index is 0.520. The predicted octanol–water partition coefficient (Wildman–Crippen LogP) is 2.53. The molecule has 0 unspecified atom stereocenters. The lowest BCUT2D eigenvalue weighted by atomic mass is 10.0. The van der Waals surface area contributed by atoms with E-state index in [-0.39, 0.29) is 0 Å². The van der Waals surface area contributed by atoms with Crippen LogP contribution in [0.15, 0.2) is 29.3 Å². The fourth-order valence-corrected chi connectivity index (χ4v) is 3.53. The number of benzene rings is 1. The molecule has 0 atom stereocenters. The second kappa shape index (κ2) is 9.03. The van der Waals surface area contributed by atoms with E-state index in [0.29, 0.717) is 12.1 Å². The zero-order chi connectivity index (χ0) is 18.4. The molecule has 3 rings (SSSR count). The zero-order valence-electron chi connectivity index (χ0n) is 16.3. The van der Waals surface area contributed by atoms with Crippen LogP contribution >= 0.6 is 0 Å². The Morgan fingerprint density at radius 2 is 2.08 bits per heavy atom. The van der Waals surface area contributed by atoms with Crippen LogP contribution in [0.3, 0.4) is 0 Å². The van der Waals surface area contributed by atoms with Gasteiger partial charge in [-0.25, -0.2) is 4.98 Å². The van der Waals surface area contributed by atoms with Gasteiger partial charge in [-0.05, 0) is 45.2 Å². The molecular formula is C20H32N6. The van der Waals surface area contributed by atoms with Crippen LogP contribution in [0, 0.1) is 0 Å². The Morgan fingerprint density at radius 1 is 1.31 bits per heavy atom. The average molecular weight is 357 g/mol. The Morgan fingerprint density at radius 3 is 2.77 bits per heavy atom. The highest BCUT2D eigenvalue weighted by Crippen LogP contribution is 2.13. The van der Waals surface area contributed by atoms with E-state index in [0.717, 1.165) is 42.2 Å². The number of hydrogen-bond donors (Lipinski definition) is 3. The maximum Gasteiger partial charge on any atom is 0.191 e. The fraction of sp³-hybridized carbons (Fsp3) is 0.600. The second-order valence-electron chi connectivity index (χ2n) is 7.35. The number of nitrogens with zero attached hydrogens (tertiary/aromatic N) is 3. The number of aromatic amines is 1. The van der Waals surface area contributed by atoms with Crippen LogP contribution in [0.25, 0.3) is 11.0 Å². The molecule has 0 radical (unpaired) electrons. The van der Waals surface area contributed by atoms with Crippen LogP contribution in [-0.4, -0.2) is 59.6 Å². The molecule has 0 spiro atoms. The first-order valence-electron chi connectivity index (χ1n) is 9.80. The third-order valence-electron chi connectivity index (χ3n) is 5.15. The molecule has 0 amide bonds. The van der Waals surface area contributed by atoms with Crippen molar-refractivity contribution < 1.29 is 0 Å². The molecule has 26 heavy (non-hydrogen) atoms. The first-order chi connectivity index (χ1) is 12.7. The maximum atomic E-state index is 4.63. The summed E-state index contributed by atoms with van der Waals surface area (Å²) in [5, 5.41) is 7.01. The van der Waals surface area contributed by atoms with Gasteiger partial charge in [-0.15, -0.1) is 0 Å². The Hall–Kier alpha value is -2.08. The topological polar surface area (TPSA) is 68.3 Å². The van der Waals surface area contributed by atoms with Crippen LogP contribution in [0.1, 0.15) is 38.9 Å². The highest BCUT2D eigenvalue weighted by Gasteiger charge is 2.21. The van der Waals surface area contributed by atoms with Gasteiger partial charge in [0.05, 0.1) is 11.0 Å². The summed E-state index contributed by atoms with van der Waals surface area (Å²) in [6.07, 6.45) is 4.31. The Bertz CT molecular complexity index is 679. The summed E-state index contributed by atoms with van der Waals surface area (Å²) in [7, 11) is 1.85. The number of aromatic nitrogens is 2. The number of aryl methyl sites for hydroxylation is 1. The molecule has 6 nitrogen and oxygen atoms in total. The molecule has 0 saturated carbocycles. The molecule has 2 heterocycles. The minimum absolute atomic E-state index is 0.520. The summed E-state index contributed by atoms with van der Waals surface area (Å²) in [6.45, 7) is 7.77. The van der Waals surface area contributed by atoms with Crippen molar-refractivity contribution in [2.24, 2.45) is 4.99 Å². The molecule has 1 aliphatic heterocycles. The van der Waals surface area contributed by atoms with E-state index >= 15 is 0 Å². The molecule has 142 valence electrons. The normalized spacial score (nSPS) is 17.2. The van der Waals surface area contributed by atoms with Gasteiger partial charge in [0, 0.05) is 45.2 Å². The van der Waals surface area contributed by atoms with Crippen LogP contribution in [0.4, 0.5) is 0 Å². The SMILES string of the molecule is CN=C(NCCCc1nc2ccccc2[nH]1)NC1CCN(C(C)C)CC1. The van der Waals surface area contributed by atoms with Crippen molar-refractivity contribution in [3.63, 3.8) is 0 Å². The largest absolute Gasteiger partial charge is 0.356 e. The number of para-hydroxylation sites is 2. The molecule has 1 aromatic heterocycles. The standard InChI is InChI=1S/C20H32N6/c1-15(2)26-13-10-16(11-14-26)23-20(21-3)22-12-6-9-19-24-17-7-4-5-8-18(17)25-19/h4-5,7-8,15-16H,6,9-14H2,1-3H3,(H,24,25)(H2,21,22,23). The number of hydrogen-bond acceptors (Lipinski definition) is 3. The van der Waals surface area contributed by atoms with Gasteiger partial charge in [-0.3, -0.25) is 4.99 Å². The summed E-state index contributed by atoms with van der Waals surface area (Å²) in [6, 6.07) is 9.34. The smallest absolute Gasteiger partial charge is 0.191 e. The zero-order valence-corrected chi connectivity index (χ0v) is 16.3. The molecule has 2 aromatic rings. The second-order valence-corrected chi connectivity index (χ2v) is 7.35. The third-order valence-corrected chi connectivity index (χ3v) is 5.15. The quantitative estimate of drug-likeness (QED) is 0.423. The number of nitrogens with one attached hydrogen (secondary N) is 3. The Labute approximate surface area is 156 Å². The number of rotatable bonds is 6. The predicted molar refractivity (Wildman–Crippen MR) is 109 cm³/mol. The Kier molecular flexibility index (Phi) is 6.50. The van der Waals surface area contributed by atoms with Gasteiger partial charge in [0.2, 0.25) is 0 Å². The highest BCUT2D eigenvalue weighted by atomic mass is 15.2. The van der Waals surface area contributed by atoms with Crippen molar-refractivity contribution in [3.8, 4) is 0 Å². The van der Waals surface area contributed by atoms with Crippen LogP contribution in [0.5, 0.6) is 0 Å². The van der Waals surface area contributed by atoms with Crippen LogP contribution in [0.2, 0.25) is 0 Å². The lowest BCUT2D eigenvalue weighted by Gasteiger charge is -2.35. The fourth-order valence-electron chi connectivity index (χ4n) is 3.53. The first kappa shape index (κ1) is 18.7. The van der Waals surface area contributed by atoms with Crippen molar-refractivity contribution in [2.45, 2.75) is 51.6 Å². The van der Waals surface area contributed by atoms with Crippen molar-refractivity contribution in [1.82, 2.24) is 25.5 Å². The molecule has 1 saturated heterocycles. The number of guanidine groups is 1. The van der Waals surface area contributed by atoms with E-state index in [1.54, 1.807) is 0 Å². The number of fused-ring (bicyclic) bond motifs is 1. The molecule has 0 aliphatic carbocycles. The van der Waals surface area contributed by atoms with Crippen molar-refractivity contribution in [1.29, 1.82) is 0 Å². The number of imidazole rings is 1. The highest BCUT2D eigenvalue weighted by molar-refractivity contribution is 5.80. The molecule has 3 N–H and O–H groups in total. The van der Waals surface area contributed by atoms with E-state index in [4.69, 9.17) is 0 Å². The van der Waals surface area contributed by atoms with Crippen molar-refractivity contribution >= 4 is 17.0 Å². The van der Waals surface area contributed by atoms with E-state index in [1.165, 1.54) is 25.9 Å². The molecule has 1 aliphatic rings. The van der Waals surface area contributed by atoms with Gasteiger partial charge in [0.1, 0.15) is 5.82 Å². The van der Waals surface area contributed by atoms with E-state index in [9.17, 15) is 0 Å². The Balaban J connectivity index is 1.38. The molecule has 1 aromatic carbocycles. The van der Waals surface area contributed by atoms with E-state index in [1.807, 2.05) is 25.2 Å². The molecular weight excluding hydrogens is 324 g/mol. The van der Waals surface area contributed by atoms with Crippen LogP contribution in [-0.2, 0) is 6.42 Å². The maximum absolute atomic E-state index is 4.63.